The highest BCUT2D eigenvalue weighted by Gasteiger charge is 2.05. The van der Waals surface area contributed by atoms with E-state index in [1.54, 1.807) is 7.11 Å². The zero-order valence-corrected chi connectivity index (χ0v) is 18.8. The summed E-state index contributed by atoms with van der Waals surface area (Å²) >= 11 is 0. The first-order chi connectivity index (χ1) is 12.7. The molecule has 0 aliphatic rings. The highest BCUT2D eigenvalue weighted by atomic mass is 127. The summed E-state index contributed by atoms with van der Waals surface area (Å²) in [6.07, 6.45) is 3.03. The minimum absolute atomic E-state index is 0. The van der Waals surface area contributed by atoms with E-state index in [0.29, 0.717) is 6.54 Å². The summed E-state index contributed by atoms with van der Waals surface area (Å²) in [5.41, 5.74) is 1.36. The fourth-order valence-electron chi connectivity index (χ4n) is 2.48. The van der Waals surface area contributed by atoms with Crippen LogP contribution in [0, 0.1) is 6.92 Å². The Morgan fingerprint density at radius 2 is 1.81 bits per heavy atom. The molecule has 150 valence electrons. The second kappa shape index (κ2) is 13.5. The van der Waals surface area contributed by atoms with Crippen molar-refractivity contribution in [3.8, 4) is 0 Å². The topological polar surface area (TPSA) is 76.4 Å². The second-order valence-corrected chi connectivity index (χ2v) is 6.18. The number of rotatable bonds is 10. The van der Waals surface area contributed by atoms with Crippen LogP contribution in [0.15, 0.2) is 35.3 Å². The Hall–Kier alpha value is -1.68. The Labute approximate surface area is 179 Å². The van der Waals surface area contributed by atoms with Crippen molar-refractivity contribution in [1.29, 1.82) is 0 Å². The predicted octanol–water partition coefficient (Wildman–Crippen LogP) is 2.45. The molecule has 0 aliphatic heterocycles. The lowest BCUT2D eigenvalue weighted by atomic mass is 10.1. The number of nitrogens with zero attached hydrogens (tertiary/aromatic N) is 4. The van der Waals surface area contributed by atoms with Gasteiger partial charge in [0.2, 0.25) is 0 Å². The number of aliphatic imine (C=N–C) groups is 1. The van der Waals surface area contributed by atoms with E-state index in [2.05, 4.69) is 50.1 Å². The highest BCUT2D eigenvalue weighted by Crippen LogP contribution is 2.02. The van der Waals surface area contributed by atoms with Gasteiger partial charge in [0.25, 0.3) is 0 Å². The maximum absolute atomic E-state index is 5.10. The molecule has 2 N–H and O–H groups in total. The Kier molecular flexibility index (Phi) is 11.7. The molecule has 0 amide bonds. The van der Waals surface area contributed by atoms with Crippen LogP contribution in [0.1, 0.15) is 30.1 Å². The lowest BCUT2D eigenvalue weighted by molar-refractivity contribution is 0.195. The molecule has 2 rings (SSSR count). The number of guanidine groups is 1. The predicted molar refractivity (Wildman–Crippen MR) is 120 cm³/mol. The molecule has 7 nitrogen and oxygen atoms in total. The number of hydrogen-bond donors (Lipinski definition) is 2. The van der Waals surface area contributed by atoms with Gasteiger partial charge in [-0.1, -0.05) is 30.3 Å². The molecule has 1 heterocycles. The van der Waals surface area contributed by atoms with Gasteiger partial charge in [0.05, 0.1) is 0 Å². The molecular weight excluding hydrogens is 455 g/mol. The average molecular weight is 486 g/mol. The van der Waals surface area contributed by atoms with Crippen molar-refractivity contribution in [3.05, 3.63) is 47.5 Å². The minimum Gasteiger partial charge on any atom is -0.385 e. The van der Waals surface area contributed by atoms with Crippen molar-refractivity contribution in [2.45, 2.75) is 32.7 Å². The number of nitrogens with one attached hydrogen (secondary N) is 2. The Morgan fingerprint density at radius 3 is 2.44 bits per heavy atom. The number of aromatic nitrogens is 3. The third-order valence-corrected chi connectivity index (χ3v) is 4.16. The summed E-state index contributed by atoms with van der Waals surface area (Å²) in [4.78, 5) is 4.64. The summed E-state index contributed by atoms with van der Waals surface area (Å²) in [7, 11) is 3.67. The molecule has 0 spiro atoms. The number of benzene rings is 1. The van der Waals surface area contributed by atoms with Gasteiger partial charge in [-0.05, 0) is 31.7 Å². The molecule has 0 fully saturated rings. The van der Waals surface area contributed by atoms with Crippen LogP contribution in [0.2, 0.25) is 0 Å². The molecule has 27 heavy (non-hydrogen) atoms. The molecular formula is C19H31IN6O. The molecule has 0 radical (unpaired) electrons. The van der Waals surface area contributed by atoms with Gasteiger partial charge in [-0.25, -0.2) is 4.99 Å². The standard InChI is InChI=1S/C19H30N6O.HI/c1-16-23-24-18(25(16)2)15-22-19(21-13-8-14-26-3)20-12-7-11-17-9-5-4-6-10-17;/h4-6,9-10H,7-8,11-15H2,1-3H3,(H2,20,21,22);1H. The third kappa shape index (κ3) is 8.70. The van der Waals surface area contributed by atoms with E-state index in [1.165, 1.54) is 5.56 Å². The van der Waals surface area contributed by atoms with Crippen molar-refractivity contribution >= 4 is 29.9 Å². The molecule has 0 bridgehead atoms. The van der Waals surface area contributed by atoms with E-state index in [0.717, 1.165) is 56.6 Å². The average Bonchev–Trinajstić information content (AvgIpc) is 2.98. The molecule has 0 saturated carbocycles. The van der Waals surface area contributed by atoms with Crippen LogP contribution in [0.5, 0.6) is 0 Å². The monoisotopic (exact) mass is 486 g/mol. The number of halogens is 1. The van der Waals surface area contributed by atoms with Crippen molar-refractivity contribution in [1.82, 2.24) is 25.4 Å². The van der Waals surface area contributed by atoms with Crippen LogP contribution in [-0.4, -0.2) is 47.5 Å². The molecule has 0 aliphatic carbocycles. The van der Waals surface area contributed by atoms with Crippen LogP contribution in [0.3, 0.4) is 0 Å². The fraction of sp³-hybridized carbons (Fsp3) is 0.526. The van der Waals surface area contributed by atoms with Gasteiger partial charge in [0, 0.05) is 33.9 Å². The Balaban J connectivity index is 0.00000364. The lowest BCUT2D eigenvalue weighted by Gasteiger charge is -2.12. The minimum atomic E-state index is 0. The van der Waals surface area contributed by atoms with E-state index < -0.39 is 0 Å². The summed E-state index contributed by atoms with van der Waals surface area (Å²) in [6.45, 7) is 4.84. The van der Waals surface area contributed by atoms with Gasteiger partial charge in [-0.3, -0.25) is 0 Å². The van der Waals surface area contributed by atoms with Crippen LogP contribution < -0.4 is 10.6 Å². The van der Waals surface area contributed by atoms with Crippen molar-refractivity contribution in [2.75, 3.05) is 26.8 Å². The van der Waals surface area contributed by atoms with Crippen molar-refractivity contribution < 1.29 is 4.74 Å². The van der Waals surface area contributed by atoms with E-state index in [9.17, 15) is 0 Å². The van der Waals surface area contributed by atoms with Gasteiger partial charge >= 0.3 is 0 Å². The molecule has 1 aromatic heterocycles. The zero-order chi connectivity index (χ0) is 18.6. The first-order valence-corrected chi connectivity index (χ1v) is 9.10. The van der Waals surface area contributed by atoms with E-state index >= 15 is 0 Å². The number of ether oxygens (including phenoxy) is 1. The maximum atomic E-state index is 5.10. The Bertz CT molecular complexity index is 674. The Morgan fingerprint density at radius 1 is 1.11 bits per heavy atom. The molecule has 0 unspecified atom stereocenters. The number of hydrogen-bond acceptors (Lipinski definition) is 4. The summed E-state index contributed by atoms with van der Waals surface area (Å²) in [5.74, 6) is 2.54. The van der Waals surface area contributed by atoms with Crippen LogP contribution >= 0.6 is 24.0 Å². The van der Waals surface area contributed by atoms with Gasteiger partial charge in [0.1, 0.15) is 12.4 Å². The summed E-state index contributed by atoms with van der Waals surface area (Å²) < 4.78 is 7.06. The highest BCUT2D eigenvalue weighted by molar-refractivity contribution is 14.0. The van der Waals surface area contributed by atoms with Crippen molar-refractivity contribution in [3.63, 3.8) is 0 Å². The zero-order valence-electron chi connectivity index (χ0n) is 16.4. The second-order valence-electron chi connectivity index (χ2n) is 6.18. The summed E-state index contributed by atoms with van der Waals surface area (Å²) in [5, 5.41) is 15.0. The summed E-state index contributed by atoms with van der Waals surface area (Å²) in [6, 6.07) is 10.5. The quantitative estimate of drug-likeness (QED) is 0.234. The lowest BCUT2D eigenvalue weighted by Crippen LogP contribution is -2.38. The van der Waals surface area contributed by atoms with E-state index in [-0.39, 0.29) is 24.0 Å². The van der Waals surface area contributed by atoms with Crippen LogP contribution in [0.4, 0.5) is 0 Å². The molecule has 0 atom stereocenters. The van der Waals surface area contributed by atoms with E-state index in [4.69, 9.17) is 4.74 Å². The first kappa shape index (κ1) is 23.4. The molecule has 1 aromatic carbocycles. The van der Waals surface area contributed by atoms with Gasteiger partial charge < -0.3 is 19.9 Å². The largest absolute Gasteiger partial charge is 0.385 e. The number of methoxy groups -OCH3 is 1. The van der Waals surface area contributed by atoms with Crippen molar-refractivity contribution in [2.24, 2.45) is 12.0 Å². The van der Waals surface area contributed by atoms with Gasteiger partial charge in [0.15, 0.2) is 11.8 Å². The SMILES string of the molecule is COCCCNC(=NCc1nnc(C)n1C)NCCCc1ccccc1.I. The van der Waals surface area contributed by atoms with Crippen LogP contribution in [0.25, 0.3) is 0 Å². The van der Waals surface area contributed by atoms with Crippen LogP contribution in [-0.2, 0) is 24.8 Å². The number of aryl methyl sites for hydroxylation is 2. The normalized spacial score (nSPS) is 11.1. The fourth-order valence-corrected chi connectivity index (χ4v) is 2.48. The third-order valence-electron chi connectivity index (χ3n) is 4.16. The van der Waals surface area contributed by atoms with Gasteiger partial charge in [-0.15, -0.1) is 34.2 Å². The van der Waals surface area contributed by atoms with Gasteiger partial charge in [-0.2, -0.15) is 0 Å². The maximum Gasteiger partial charge on any atom is 0.191 e. The molecule has 2 aromatic rings. The van der Waals surface area contributed by atoms with E-state index in [1.807, 2.05) is 24.6 Å². The first-order valence-electron chi connectivity index (χ1n) is 9.10. The molecule has 0 saturated heterocycles. The smallest absolute Gasteiger partial charge is 0.191 e. The molecule has 8 heteroatoms.